The van der Waals surface area contributed by atoms with Gasteiger partial charge in [-0.2, -0.15) is 0 Å². The standard InChI is InChI=1S/C9H15N3O2/c1-4-11-9(14)12-8(10)5-7(13)6(2)3/h4,8H,2,5,10H2,1,3H3,(H,12,14). The van der Waals surface area contributed by atoms with E-state index in [9.17, 15) is 9.59 Å². The summed E-state index contributed by atoms with van der Waals surface area (Å²) < 4.78 is 0. The van der Waals surface area contributed by atoms with Crippen molar-refractivity contribution in [3.63, 3.8) is 0 Å². The van der Waals surface area contributed by atoms with Crippen LogP contribution in [-0.4, -0.2) is 24.2 Å². The molecule has 0 aromatic carbocycles. The van der Waals surface area contributed by atoms with Gasteiger partial charge in [-0.1, -0.05) is 6.58 Å². The minimum atomic E-state index is -0.713. The molecule has 0 rings (SSSR count). The van der Waals surface area contributed by atoms with E-state index in [-0.39, 0.29) is 12.2 Å². The first kappa shape index (κ1) is 12.5. The lowest BCUT2D eigenvalue weighted by molar-refractivity contribution is -0.115. The molecule has 0 fully saturated rings. The van der Waals surface area contributed by atoms with Gasteiger partial charge < -0.3 is 11.1 Å². The summed E-state index contributed by atoms with van der Waals surface area (Å²) in [5.41, 5.74) is 5.90. The van der Waals surface area contributed by atoms with Crippen LogP contribution in [-0.2, 0) is 4.79 Å². The van der Waals surface area contributed by atoms with Crippen molar-refractivity contribution in [2.75, 3.05) is 0 Å². The molecule has 0 saturated heterocycles. The Morgan fingerprint density at radius 2 is 2.21 bits per heavy atom. The van der Waals surface area contributed by atoms with Crippen molar-refractivity contribution in [3.05, 3.63) is 12.2 Å². The number of nitrogens with zero attached hydrogens (tertiary/aromatic N) is 1. The van der Waals surface area contributed by atoms with Crippen molar-refractivity contribution in [3.8, 4) is 0 Å². The highest BCUT2D eigenvalue weighted by Crippen LogP contribution is 1.96. The first-order chi connectivity index (χ1) is 6.47. The number of nitrogens with two attached hydrogens (primary N) is 1. The number of aliphatic imine (C=N–C) groups is 1. The van der Waals surface area contributed by atoms with Gasteiger partial charge in [0, 0.05) is 12.6 Å². The van der Waals surface area contributed by atoms with Gasteiger partial charge in [-0.05, 0) is 19.4 Å². The van der Waals surface area contributed by atoms with E-state index in [1.165, 1.54) is 6.21 Å². The number of rotatable bonds is 4. The fraction of sp³-hybridized carbons (Fsp3) is 0.444. The maximum Gasteiger partial charge on any atom is 0.341 e. The van der Waals surface area contributed by atoms with E-state index in [2.05, 4.69) is 16.9 Å². The zero-order valence-corrected chi connectivity index (χ0v) is 8.41. The zero-order chi connectivity index (χ0) is 11.1. The maximum atomic E-state index is 11.1. The molecule has 0 aliphatic rings. The van der Waals surface area contributed by atoms with Crippen LogP contribution in [0.4, 0.5) is 4.79 Å². The number of carbonyl (C=O) groups excluding carboxylic acids is 2. The topological polar surface area (TPSA) is 84.5 Å². The smallest absolute Gasteiger partial charge is 0.321 e. The maximum absolute atomic E-state index is 11.1. The molecule has 0 heterocycles. The fourth-order valence-electron chi connectivity index (χ4n) is 0.738. The number of amides is 2. The van der Waals surface area contributed by atoms with E-state index in [4.69, 9.17) is 5.73 Å². The van der Waals surface area contributed by atoms with Gasteiger partial charge in [0.2, 0.25) is 0 Å². The summed E-state index contributed by atoms with van der Waals surface area (Å²) in [6.45, 7) is 6.69. The number of urea groups is 1. The number of nitrogens with one attached hydrogen (secondary N) is 1. The first-order valence-corrected chi connectivity index (χ1v) is 4.20. The van der Waals surface area contributed by atoms with Crippen LogP contribution in [0.15, 0.2) is 17.1 Å². The summed E-state index contributed by atoms with van der Waals surface area (Å²) in [5.74, 6) is -0.168. The Labute approximate surface area is 83.1 Å². The summed E-state index contributed by atoms with van der Waals surface area (Å²) in [6.07, 6.45) is 0.679. The Kier molecular flexibility index (Phi) is 5.40. The highest BCUT2D eigenvalue weighted by atomic mass is 16.2. The second kappa shape index (κ2) is 6.04. The number of carbonyl (C=O) groups is 2. The molecule has 5 heteroatoms. The lowest BCUT2D eigenvalue weighted by atomic mass is 10.1. The molecular weight excluding hydrogens is 182 g/mol. The van der Waals surface area contributed by atoms with Crippen LogP contribution in [0.5, 0.6) is 0 Å². The number of hydrogen-bond donors (Lipinski definition) is 2. The molecule has 0 aliphatic heterocycles. The van der Waals surface area contributed by atoms with Crippen molar-refractivity contribution in [2.24, 2.45) is 10.7 Å². The molecule has 2 amide bonds. The SMILES string of the molecule is C=C(C)C(=O)CC(N)NC(=O)N=CC. The predicted molar refractivity (Wildman–Crippen MR) is 55.1 cm³/mol. The summed E-state index contributed by atoms with van der Waals surface area (Å²) in [4.78, 5) is 25.4. The van der Waals surface area contributed by atoms with Gasteiger partial charge in [0.05, 0.1) is 6.17 Å². The van der Waals surface area contributed by atoms with Gasteiger partial charge in [-0.3, -0.25) is 4.79 Å². The molecule has 5 nitrogen and oxygen atoms in total. The molecule has 0 aromatic heterocycles. The minimum absolute atomic E-state index is 0.0420. The molecule has 14 heavy (non-hydrogen) atoms. The Morgan fingerprint density at radius 3 is 2.64 bits per heavy atom. The van der Waals surface area contributed by atoms with E-state index in [1.807, 2.05) is 0 Å². The summed E-state index contributed by atoms with van der Waals surface area (Å²) >= 11 is 0. The number of ketones is 1. The summed E-state index contributed by atoms with van der Waals surface area (Å²) in [7, 11) is 0. The average Bonchev–Trinajstić information content (AvgIpc) is 2.03. The van der Waals surface area contributed by atoms with E-state index in [0.717, 1.165) is 0 Å². The van der Waals surface area contributed by atoms with Crippen molar-refractivity contribution in [1.82, 2.24) is 5.32 Å². The molecule has 3 N–H and O–H groups in total. The summed E-state index contributed by atoms with van der Waals surface area (Å²) in [6, 6.07) is -0.547. The normalized spacial score (nSPS) is 12.5. The Hall–Kier alpha value is -1.49. The van der Waals surface area contributed by atoms with Crippen LogP contribution in [0, 0.1) is 0 Å². The molecule has 0 spiro atoms. The minimum Gasteiger partial charge on any atom is -0.321 e. The van der Waals surface area contributed by atoms with Crippen LogP contribution >= 0.6 is 0 Å². The third kappa shape index (κ3) is 5.21. The van der Waals surface area contributed by atoms with Crippen LogP contribution in [0.1, 0.15) is 20.3 Å². The van der Waals surface area contributed by atoms with Crippen LogP contribution < -0.4 is 11.1 Å². The number of allylic oxidation sites excluding steroid dienone is 1. The second-order valence-electron chi connectivity index (χ2n) is 2.85. The van der Waals surface area contributed by atoms with E-state index in [0.29, 0.717) is 5.57 Å². The lowest BCUT2D eigenvalue weighted by Gasteiger charge is -2.10. The molecule has 0 aliphatic carbocycles. The molecule has 0 saturated carbocycles. The van der Waals surface area contributed by atoms with E-state index < -0.39 is 12.2 Å². The highest BCUT2D eigenvalue weighted by Gasteiger charge is 2.11. The second-order valence-corrected chi connectivity index (χ2v) is 2.85. The van der Waals surface area contributed by atoms with Crippen molar-refractivity contribution in [2.45, 2.75) is 26.4 Å². The molecule has 0 radical (unpaired) electrons. The molecule has 1 unspecified atom stereocenters. The third-order valence-electron chi connectivity index (χ3n) is 1.44. The summed E-state index contributed by atoms with van der Waals surface area (Å²) in [5, 5.41) is 2.35. The average molecular weight is 197 g/mol. The monoisotopic (exact) mass is 197 g/mol. The molecule has 0 bridgehead atoms. The van der Waals surface area contributed by atoms with E-state index >= 15 is 0 Å². The van der Waals surface area contributed by atoms with Crippen molar-refractivity contribution >= 4 is 18.0 Å². The predicted octanol–water partition coefficient (Wildman–Crippen LogP) is 0.607. The number of Topliss-reactive ketones (excluding diaryl/α,β-unsaturated/α-hetero) is 1. The molecular formula is C9H15N3O2. The van der Waals surface area contributed by atoms with Gasteiger partial charge >= 0.3 is 6.03 Å². The van der Waals surface area contributed by atoms with Gasteiger partial charge in [-0.25, -0.2) is 9.79 Å². The Morgan fingerprint density at radius 1 is 1.64 bits per heavy atom. The van der Waals surface area contributed by atoms with Crippen molar-refractivity contribution < 1.29 is 9.59 Å². The van der Waals surface area contributed by atoms with Gasteiger partial charge in [0.1, 0.15) is 0 Å². The van der Waals surface area contributed by atoms with Crippen LogP contribution in [0.2, 0.25) is 0 Å². The molecule has 78 valence electrons. The molecule has 0 aromatic rings. The van der Waals surface area contributed by atoms with Gasteiger partial charge in [-0.15, -0.1) is 0 Å². The van der Waals surface area contributed by atoms with Crippen molar-refractivity contribution in [1.29, 1.82) is 0 Å². The third-order valence-corrected chi connectivity index (χ3v) is 1.44. The Balaban J connectivity index is 3.98. The first-order valence-electron chi connectivity index (χ1n) is 4.20. The molecule has 1 atom stereocenters. The fourth-order valence-corrected chi connectivity index (χ4v) is 0.738. The zero-order valence-electron chi connectivity index (χ0n) is 8.41. The highest BCUT2D eigenvalue weighted by molar-refractivity contribution is 5.94. The Bertz CT molecular complexity index is 271. The number of hydrogen-bond acceptors (Lipinski definition) is 3. The largest absolute Gasteiger partial charge is 0.341 e. The quantitative estimate of drug-likeness (QED) is 0.393. The van der Waals surface area contributed by atoms with Gasteiger partial charge in [0.15, 0.2) is 5.78 Å². The van der Waals surface area contributed by atoms with E-state index in [1.54, 1.807) is 13.8 Å². The van der Waals surface area contributed by atoms with Gasteiger partial charge in [0.25, 0.3) is 0 Å². The lowest BCUT2D eigenvalue weighted by Crippen LogP contribution is -2.41. The van der Waals surface area contributed by atoms with Crippen LogP contribution in [0.3, 0.4) is 0 Å². The van der Waals surface area contributed by atoms with Crippen LogP contribution in [0.25, 0.3) is 0 Å².